The molecular formula is C23H21N2+. The van der Waals surface area contributed by atoms with Gasteiger partial charge in [-0.25, -0.2) is 4.57 Å². The van der Waals surface area contributed by atoms with Gasteiger partial charge < -0.3 is 0 Å². The highest BCUT2D eigenvalue weighted by Crippen LogP contribution is 2.23. The van der Waals surface area contributed by atoms with E-state index in [0.717, 1.165) is 23.2 Å². The number of nitrogens with zero attached hydrogens (tertiary/aromatic N) is 2. The minimum absolute atomic E-state index is 0.722. The molecule has 0 unspecified atom stereocenters. The van der Waals surface area contributed by atoms with Crippen molar-refractivity contribution < 1.29 is 4.57 Å². The molecule has 0 saturated carbocycles. The van der Waals surface area contributed by atoms with Crippen LogP contribution in [0.25, 0.3) is 11.1 Å². The van der Waals surface area contributed by atoms with E-state index in [-0.39, 0.29) is 0 Å². The van der Waals surface area contributed by atoms with Gasteiger partial charge in [0.1, 0.15) is 0 Å². The van der Waals surface area contributed by atoms with Crippen LogP contribution in [-0.4, -0.2) is 0 Å². The molecule has 1 aliphatic rings. The molecule has 0 spiro atoms. The van der Waals surface area contributed by atoms with E-state index < -0.39 is 0 Å². The third-order valence-corrected chi connectivity index (χ3v) is 5.02. The van der Waals surface area contributed by atoms with Gasteiger partial charge >= 0.3 is 0 Å². The van der Waals surface area contributed by atoms with Gasteiger partial charge in [0.15, 0.2) is 18.9 Å². The van der Waals surface area contributed by atoms with Crippen LogP contribution < -0.4 is 4.57 Å². The quantitative estimate of drug-likeness (QED) is 0.654. The molecule has 0 N–H and O–H groups in total. The zero-order chi connectivity index (χ0) is 17.1. The molecule has 0 amide bonds. The molecule has 0 atom stereocenters. The summed E-state index contributed by atoms with van der Waals surface area (Å²) in [6, 6.07) is 20.9. The van der Waals surface area contributed by atoms with Crippen LogP contribution in [0.1, 0.15) is 35.1 Å². The maximum Gasteiger partial charge on any atom is 0.173 e. The van der Waals surface area contributed by atoms with Crippen molar-refractivity contribution in [1.82, 2.24) is 0 Å². The third kappa shape index (κ3) is 3.32. The molecule has 0 bridgehead atoms. The summed E-state index contributed by atoms with van der Waals surface area (Å²) >= 11 is 0. The highest BCUT2D eigenvalue weighted by Gasteiger charge is 2.14. The monoisotopic (exact) mass is 325 g/mol. The van der Waals surface area contributed by atoms with Gasteiger partial charge in [-0.15, -0.1) is 0 Å². The summed E-state index contributed by atoms with van der Waals surface area (Å²) < 4.78 is 2.28. The summed E-state index contributed by atoms with van der Waals surface area (Å²) in [5.74, 6) is 0. The molecule has 3 aromatic rings. The average Bonchev–Trinajstić information content (AvgIpc) is 2.68. The van der Waals surface area contributed by atoms with Crippen molar-refractivity contribution in [3.05, 3.63) is 89.2 Å². The molecule has 2 aromatic carbocycles. The Kier molecular flexibility index (Phi) is 4.31. The predicted octanol–water partition coefficient (Wildman–Crippen LogP) is 4.44. The molecule has 2 heteroatoms. The molecule has 1 aromatic heterocycles. The zero-order valence-corrected chi connectivity index (χ0v) is 14.3. The number of nitriles is 1. The van der Waals surface area contributed by atoms with Crippen molar-refractivity contribution in [2.45, 2.75) is 32.2 Å². The lowest BCUT2D eigenvalue weighted by Gasteiger charge is -2.13. The minimum Gasteiger partial charge on any atom is -0.200 e. The fourth-order valence-electron chi connectivity index (χ4n) is 3.65. The van der Waals surface area contributed by atoms with Gasteiger partial charge in [-0.1, -0.05) is 42.5 Å². The maximum atomic E-state index is 9.27. The molecule has 2 nitrogen and oxygen atoms in total. The summed E-state index contributed by atoms with van der Waals surface area (Å²) in [6.45, 7) is 0.882. The minimum atomic E-state index is 0.722. The first kappa shape index (κ1) is 15.6. The van der Waals surface area contributed by atoms with Crippen molar-refractivity contribution in [3.8, 4) is 17.2 Å². The average molecular weight is 325 g/mol. The summed E-state index contributed by atoms with van der Waals surface area (Å²) in [6.07, 6.45) is 9.58. The number of fused-ring (bicyclic) bond motifs is 1. The number of pyridine rings is 1. The first-order chi connectivity index (χ1) is 12.3. The molecule has 0 radical (unpaired) electrons. The second kappa shape index (κ2) is 6.91. The SMILES string of the molecule is N#Cc1ccccc1-c1ccc(C[n+]2ccc3c(c2)CCCC3)cc1. The number of hydrogen-bond acceptors (Lipinski definition) is 1. The van der Waals surface area contributed by atoms with Crippen molar-refractivity contribution in [2.24, 2.45) is 0 Å². The van der Waals surface area contributed by atoms with Crippen LogP contribution in [0.2, 0.25) is 0 Å². The van der Waals surface area contributed by atoms with E-state index in [9.17, 15) is 5.26 Å². The first-order valence-corrected chi connectivity index (χ1v) is 8.93. The van der Waals surface area contributed by atoms with Gasteiger partial charge in [0.25, 0.3) is 0 Å². The fourth-order valence-corrected chi connectivity index (χ4v) is 3.65. The number of benzene rings is 2. The smallest absolute Gasteiger partial charge is 0.173 e. The number of aromatic nitrogens is 1. The van der Waals surface area contributed by atoms with Crippen LogP contribution in [0.3, 0.4) is 0 Å². The van der Waals surface area contributed by atoms with Gasteiger partial charge in [0.2, 0.25) is 0 Å². The lowest BCUT2D eigenvalue weighted by molar-refractivity contribution is -0.688. The van der Waals surface area contributed by atoms with Crippen LogP contribution in [0.15, 0.2) is 67.0 Å². The second-order valence-corrected chi connectivity index (χ2v) is 6.73. The third-order valence-electron chi connectivity index (χ3n) is 5.02. The topological polar surface area (TPSA) is 27.7 Å². The van der Waals surface area contributed by atoms with Crippen LogP contribution in [0.5, 0.6) is 0 Å². The normalized spacial score (nSPS) is 13.1. The van der Waals surface area contributed by atoms with E-state index in [2.05, 4.69) is 53.4 Å². The van der Waals surface area contributed by atoms with E-state index in [1.807, 2.05) is 24.3 Å². The Labute approximate surface area is 149 Å². The fraction of sp³-hybridized carbons (Fsp3) is 0.217. The predicted molar refractivity (Wildman–Crippen MR) is 99.0 cm³/mol. The number of hydrogen-bond donors (Lipinski definition) is 0. The molecule has 1 aliphatic carbocycles. The Morgan fingerprint density at radius 2 is 1.64 bits per heavy atom. The summed E-state index contributed by atoms with van der Waals surface area (Å²) in [7, 11) is 0. The standard InChI is InChI=1S/C23H21N2/c24-15-21-6-3-4-8-23(21)20-11-9-18(10-12-20)16-25-14-13-19-5-1-2-7-22(19)17-25/h3-4,6,8-14,17H,1-2,5,7,16H2/q+1. The first-order valence-electron chi connectivity index (χ1n) is 8.93. The van der Waals surface area contributed by atoms with Gasteiger partial charge in [0, 0.05) is 17.2 Å². The Morgan fingerprint density at radius 1 is 0.880 bits per heavy atom. The Hall–Kier alpha value is -2.92. The van der Waals surface area contributed by atoms with E-state index >= 15 is 0 Å². The molecular weight excluding hydrogens is 304 g/mol. The van der Waals surface area contributed by atoms with E-state index in [1.165, 1.54) is 42.4 Å². The highest BCUT2D eigenvalue weighted by molar-refractivity contribution is 5.70. The molecule has 0 saturated heterocycles. The molecule has 122 valence electrons. The molecule has 1 heterocycles. The lowest BCUT2D eigenvalue weighted by Crippen LogP contribution is -2.34. The maximum absolute atomic E-state index is 9.27. The van der Waals surface area contributed by atoms with Gasteiger partial charge in [-0.05, 0) is 48.4 Å². The van der Waals surface area contributed by atoms with E-state index in [0.29, 0.717) is 0 Å². The van der Waals surface area contributed by atoms with Crippen LogP contribution in [0, 0.1) is 11.3 Å². The highest BCUT2D eigenvalue weighted by atomic mass is 14.9. The zero-order valence-electron chi connectivity index (χ0n) is 14.3. The Morgan fingerprint density at radius 3 is 2.44 bits per heavy atom. The van der Waals surface area contributed by atoms with Crippen LogP contribution in [0.4, 0.5) is 0 Å². The second-order valence-electron chi connectivity index (χ2n) is 6.73. The van der Waals surface area contributed by atoms with Crippen LogP contribution >= 0.6 is 0 Å². The number of rotatable bonds is 3. The Bertz CT molecular complexity index is 933. The van der Waals surface area contributed by atoms with Gasteiger partial charge in [-0.2, -0.15) is 5.26 Å². The lowest BCUT2D eigenvalue weighted by atomic mass is 9.93. The molecule has 0 aliphatic heterocycles. The molecule has 0 fully saturated rings. The van der Waals surface area contributed by atoms with Gasteiger partial charge in [-0.3, -0.25) is 0 Å². The van der Waals surface area contributed by atoms with E-state index in [1.54, 1.807) is 0 Å². The summed E-state index contributed by atoms with van der Waals surface area (Å²) in [4.78, 5) is 0. The van der Waals surface area contributed by atoms with Crippen molar-refractivity contribution in [1.29, 1.82) is 5.26 Å². The summed E-state index contributed by atoms with van der Waals surface area (Å²) in [5.41, 5.74) is 7.12. The van der Waals surface area contributed by atoms with E-state index in [4.69, 9.17) is 0 Å². The summed E-state index contributed by atoms with van der Waals surface area (Å²) in [5, 5.41) is 9.27. The van der Waals surface area contributed by atoms with Crippen molar-refractivity contribution >= 4 is 0 Å². The number of aryl methyl sites for hydroxylation is 2. The van der Waals surface area contributed by atoms with Crippen LogP contribution in [-0.2, 0) is 19.4 Å². The van der Waals surface area contributed by atoms with Gasteiger partial charge in [0.05, 0.1) is 11.6 Å². The molecule has 4 rings (SSSR count). The molecule has 25 heavy (non-hydrogen) atoms. The van der Waals surface area contributed by atoms with Crippen molar-refractivity contribution in [3.63, 3.8) is 0 Å². The van der Waals surface area contributed by atoms with Crippen molar-refractivity contribution in [2.75, 3.05) is 0 Å². The Balaban J connectivity index is 1.56. The largest absolute Gasteiger partial charge is 0.200 e.